The Bertz CT molecular complexity index is 1220. The van der Waals surface area contributed by atoms with Gasteiger partial charge in [0.15, 0.2) is 11.5 Å². The number of hydrogen-bond acceptors (Lipinski definition) is 7. The number of benzene rings is 2. The van der Waals surface area contributed by atoms with Crippen LogP contribution in [-0.2, 0) is 16.1 Å². The lowest BCUT2D eigenvalue weighted by atomic mass is 9.93. The van der Waals surface area contributed by atoms with Gasteiger partial charge in [0.2, 0.25) is 5.95 Å². The van der Waals surface area contributed by atoms with Crippen LogP contribution in [0.1, 0.15) is 50.8 Å². The lowest BCUT2D eigenvalue weighted by Crippen LogP contribution is -2.30. The third-order valence-corrected chi connectivity index (χ3v) is 5.60. The highest BCUT2D eigenvalue weighted by Gasteiger charge is 2.35. The summed E-state index contributed by atoms with van der Waals surface area (Å²) in [6, 6.07) is 11.4. The van der Waals surface area contributed by atoms with Crippen LogP contribution in [0.15, 0.2) is 60.1 Å². The zero-order chi connectivity index (χ0) is 24.8. The maximum Gasteiger partial charge on any atom is 0.338 e. The Morgan fingerprint density at radius 2 is 1.91 bits per heavy atom. The van der Waals surface area contributed by atoms with Gasteiger partial charge in [0, 0.05) is 11.3 Å². The van der Waals surface area contributed by atoms with E-state index in [2.05, 4.69) is 15.4 Å². The van der Waals surface area contributed by atoms with E-state index >= 15 is 0 Å². The first-order chi connectivity index (χ1) is 17.1. The second kappa shape index (κ2) is 11.0. The maximum atomic E-state index is 14.1. The molecule has 0 unspecified atom stereocenters. The zero-order valence-corrected chi connectivity index (χ0v) is 20.1. The van der Waals surface area contributed by atoms with Gasteiger partial charge in [0.25, 0.3) is 0 Å². The third kappa shape index (κ3) is 5.13. The first-order valence-electron chi connectivity index (χ1n) is 11.8. The molecule has 9 heteroatoms. The summed E-state index contributed by atoms with van der Waals surface area (Å²) in [6.07, 6.45) is 2.93. The van der Waals surface area contributed by atoms with Crippen LogP contribution < -0.4 is 14.8 Å². The van der Waals surface area contributed by atoms with Gasteiger partial charge in [-0.3, -0.25) is 0 Å². The number of allylic oxidation sites excluding steroid dienone is 1. The summed E-state index contributed by atoms with van der Waals surface area (Å²) in [5.41, 5.74) is 2.45. The van der Waals surface area contributed by atoms with E-state index < -0.39 is 12.0 Å². The molecule has 1 atom stereocenters. The Balaban J connectivity index is 1.74. The summed E-state index contributed by atoms with van der Waals surface area (Å²) in [6.45, 7) is 6.41. The van der Waals surface area contributed by atoms with Crippen LogP contribution in [-0.4, -0.2) is 33.9 Å². The van der Waals surface area contributed by atoms with Crippen molar-refractivity contribution in [3.63, 3.8) is 0 Å². The second-order valence-electron chi connectivity index (χ2n) is 7.94. The topological polar surface area (TPSA) is 87.5 Å². The average molecular weight is 481 g/mol. The van der Waals surface area contributed by atoms with E-state index in [1.165, 1.54) is 12.4 Å². The van der Waals surface area contributed by atoms with E-state index in [-0.39, 0.29) is 19.0 Å². The van der Waals surface area contributed by atoms with Gasteiger partial charge >= 0.3 is 5.97 Å². The van der Waals surface area contributed by atoms with Crippen LogP contribution in [0, 0.1) is 5.82 Å². The summed E-state index contributed by atoms with van der Waals surface area (Å²) >= 11 is 0. The van der Waals surface area contributed by atoms with Gasteiger partial charge in [-0.1, -0.05) is 37.6 Å². The molecule has 2 heterocycles. The van der Waals surface area contributed by atoms with Gasteiger partial charge in [-0.2, -0.15) is 10.1 Å². The van der Waals surface area contributed by atoms with Crippen molar-refractivity contribution in [3.05, 3.63) is 77.0 Å². The van der Waals surface area contributed by atoms with Crippen LogP contribution in [0.4, 0.5) is 10.3 Å². The normalized spacial score (nSPS) is 14.8. The first kappa shape index (κ1) is 24.3. The van der Waals surface area contributed by atoms with Crippen LogP contribution >= 0.6 is 0 Å². The molecule has 0 aliphatic carbocycles. The number of carbonyl (C=O) groups is 1. The van der Waals surface area contributed by atoms with Crippen LogP contribution in [0.3, 0.4) is 0 Å². The molecule has 0 spiro atoms. The lowest BCUT2D eigenvalue weighted by molar-refractivity contribution is -0.139. The predicted molar refractivity (Wildman–Crippen MR) is 129 cm³/mol. The first-order valence-corrected chi connectivity index (χ1v) is 11.8. The molecule has 35 heavy (non-hydrogen) atoms. The molecule has 0 saturated heterocycles. The summed E-state index contributed by atoms with van der Waals surface area (Å²) in [7, 11) is 0. The number of aromatic nitrogens is 3. The van der Waals surface area contributed by atoms with Crippen molar-refractivity contribution >= 4 is 11.9 Å². The second-order valence-corrected chi connectivity index (χ2v) is 7.94. The molecule has 0 saturated carbocycles. The van der Waals surface area contributed by atoms with E-state index in [0.717, 1.165) is 17.7 Å². The molecule has 4 rings (SSSR count). The van der Waals surface area contributed by atoms with Gasteiger partial charge in [-0.25, -0.2) is 13.9 Å². The molecule has 0 fully saturated rings. The minimum atomic E-state index is -0.561. The fourth-order valence-electron chi connectivity index (χ4n) is 4.07. The lowest BCUT2D eigenvalue weighted by Gasteiger charge is -2.29. The molecule has 1 N–H and O–H groups in total. The Hall–Kier alpha value is -3.88. The third-order valence-electron chi connectivity index (χ3n) is 5.60. The number of hydrogen-bond donors (Lipinski definition) is 1. The average Bonchev–Trinajstić information content (AvgIpc) is 3.32. The highest BCUT2D eigenvalue weighted by atomic mass is 19.1. The molecule has 0 radical (unpaired) electrons. The monoisotopic (exact) mass is 480 g/mol. The minimum Gasteiger partial charge on any atom is -0.490 e. The fourth-order valence-corrected chi connectivity index (χ4v) is 4.07. The molecule has 2 aromatic carbocycles. The molecule has 1 aromatic heterocycles. The summed E-state index contributed by atoms with van der Waals surface area (Å²) in [5, 5.41) is 7.61. The molecule has 3 aromatic rings. The number of nitrogens with one attached hydrogen (secondary N) is 1. The summed E-state index contributed by atoms with van der Waals surface area (Å²) < 4.78 is 32.9. The Morgan fingerprint density at radius 1 is 1.09 bits per heavy atom. The van der Waals surface area contributed by atoms with Crippen molar-refractivity contribution in [2.24, 2.45) is 0 Å². The largest absolute Gasteiger partial charge is 0.490 e. The molecular weight excluding hydrogens is 451 g/mol. The van der Waals surface area contributed by atoms with Gasteiger partial charge in [-0.05, 0) is 44.0 Å². The van der Waals surface area contributed by atoms with Crippen LogP contribution in [0.25, 0.3) is 0 Å². The minimum absolute atomic E-state index is 0.0568. The highest BCUT2D eigenvalue weighted by Crippen LogP contribution is 2.40. The molecule has 0 bridgehead atoms. The number of esters is 1. The van der Waals surface area contributed by atoms with E-state index in [4.69, 9.17) is 14.2 Å². The summed E-state index contributed by atoms with van der Waals surface area (Å²) in [4.78, 5) is 17.4. The SMILES string of the molecule is CCCC1=C(C(=O)OCC)[C@@H](c2ccc(OCc3ccccc3F)c(OCC)c2)n2ncnc2N1. The number of rotatable bonds is 10. The smallest absolute Gasteiger partial charge is 0.338 e. The molecule has 8 nitrogen and oxygen atoms in total. The van der Waals surface area contributed by atoms with Crippen LogP contribution in [0.2, 0.25) is 0 Å². The van der Waals surface area contributed by atoms with E-state index in [1.807, 2.05) is 26.0 Å². The number of nitrogens with zero attached hydrogens (tertiary/aromatic N) is 3. The van der Waals surface area contributed by atoms with E-state index in [0.29, 0.717) is 41.6 Å². The van der Waals surface area contributed by atoms with Crippen molar-refractivity contribution in [1.29, 1.82) is 0 Å². The molecule has 1 aliphatic heterocycles. The molecule has 1 aliphatic rings. The van der Waals surface area contributed by atoms with Crippen molar-refractivity contribution in [3.8, 4) is 11.5 Å². The number of fused-ring (bicyclic) bond motifs is 1. The van der Waals surface area contributed by atoms with Gasteiger partial charge in [-0.15, -0.1) is 0 Å². The Morgan fingerprint density at radius 3 is 2.66 bits per heavy atom. The van der Waals surface area contributed by atoms with Gasteiger partial charge in [0.05, 0.1) is 18.8 Å². The maximum absolute atomic E-state index is 14.1. The van der Waals surface area contributed by atoms with Crippen LogP contribution in [0.5, 0.6) is 11.5 Å². The van der Waals surface area contributed by atoms with Crippen molar-refractivity contribution in [2.75, 3.05) is 18.5 Å². The van der Waals surface area contributed by atoms with Gasteiger partial charge < -0.3 is 19.5 Å². The molecule has 0 amide bonds. The quantitative estimate of drug-likeness (QED) is 0.407. The van der Waals surface area contributed by atoms with Gasteiger partial charge in [0.1, 0.15) is 24.8 Å². The van der Waals surface area contributed by atoms with E-state index in [9.17, 15) is 9.18 Å². The Labute approximate surface area is 203 Å². The zero-order valence-electron chi connectivity index (χ0n) is 20.1. The van der Waals surface area contributed by atoms with Crippen molar-refractivity contribution < 1.29 is 23.4 Å². The predicted octanol–water partition coefficient (Wildman–Crippen LogP) is 5.03. The number of anilines is 1. The van der Waals surface area contributed by atoms with E-state index in [1.54, 1.807) is 35.9 Å². The molecular formula is C26H29FN4O4. The fraction of sp³-hybridized carbons (Fsp3) is 0.346. The van der Waals surface area contributed by atoms with Crippen molar-refractivity contribution in [2.45, 2.75) is 46.3 Å². The van der Waals surface area contributed by atoms with Crippen molar-refractivity contribution in [1.82, 2.24) is 14.8 Å². The number of halogens is 1. The highest BCUT2D eigenvalue weighted by molar-refractivity contribution is 5.92. The number of carbonyl (C=O) groups excluding carboxylic acids is 1. The number of ether oxygens (including phenoxy) is 3. The Kier molecular flexibility index (Phi) is 7.64. The standard InChI is InChI=1S/C26H29FN4O4/c1-4-9-20-23(25(32)34-6-3)24(31-26(30-20)28-16-29-31)17-12-13-21(22(14-17)33-5-2)35-15-18-10-7-8-11-19(18)27/h7-8,10-14,16,24H,4-6,9,15H2,1-3H3,(H,28,29,30)/t24-/m1/s1. The summed E-state index contributed by atoms with van der Waals surface area (Å²) in [5.74, 6) is 0.767. The molecule has 184 valence electrons.